The monoisotopic (exact) mass is 433 g/mol. The molecule has 0 radical (unpaired) electrons. The highest BCUT2D eigenvalue weighted by molar-refractivity contribution is 8.23. The lowest BCUT2D eigenvalue weighted by atomic mass is 9.90. The Labute approximate surface area is 177 Å². The van der Waals surface area contributed by atoms with E-state index in [2.05, 4.69) is 0 Å². The van der Waals surface area contributed by atoms with Crippen LogP contribution < -0.4 is 0 Å². The molecule has 1 aromatic carbocycles. The van der Waals surface area contributed by atoms with E-state index in [1.54, 1.807) is 0 Å². The number of carbonyl (C=O) groups is 2. The highest BCUT2D eigenvalue weighted by atomic mass is 32.2. The Hall–Kier alpha value is -1.97. The number of thioether (sulfide) groups is 2. The summed E-state index contributed by atoms with van der Waals surface area (Å²) in [5, 5.41) is 28.1. The van der Waals surface area contributed by atoms with E-state index in [1.807, 2.05) is 42.2 Å². The molecule has 2 saturated heterocycles. The Morgan fingerprint density at radius 2 is 2.10 bits per heavy atom. The minimum atomic E-state index is -1.10. The van der Waals surface area contributed by atoms with Crippen molar-refractivity contribution in [2.75, 3.05) is 13.1 Å². The number of likely N-dealkylation sites (tertiary alicyclic amines) is 1. The van der Waals surface area contributed by atoms with Crippen LogP contribution in [0.25, 0.3) is 0 Å². The Morgan fingerprint density at radius 1 is 1.38 bits per heavy atom. The highest BCUT2D eigenvalue weighted by Crippen LogP contribution is 2.55. The first-order valence-corrected chi connectivity index (χ1v) is 11.4. The summed E-state index contributed by atoms with van der Waals surface area (Å²) in [7, 11) is 0. The number of amidine groups is 1. The van der Waals surface area contributed by atoms with E-state index in [0.717, 1.165) is 18.5 Å². The molecule has 3 aliphatic heterocycles. The SMILES string of the molecule is CC[C@H](O)[C@@H]1C(=O)N2C(C(=O)O)=C(S[C@H]3CCN(C(=N)c4ccccc4)C3)S[C@H]12. The molecule has 3 aliphatic rings. The van der Waals surface area contributed by atoms with Gasteiger partial charge in [-0.2, -0.15) is 0 Å². The molecule has 4 rings (SSSR count). The molecular weight excluding hydrogens is 410 g/mol. The average molecular weight is 434 g/mol. The lowest BCUT2D eigenvalue weighted by molar-refractivity contribution is -0.157. The van der Waals surface area contributed by atoms with Crippen molar-refractivity contribution >= 4 is 41.2 Å². The zero-order valence-corrected chi connectivity index (χ0v) is 17.6. The molecule has 4 atom stereocenters. The molecule has 0 aliphatic carbocycles. The third kappa shape index (κ3) is 3.55. The summed E-state index contributed by atoms with van der Waals surface area (Å²) in [6, 6.07) is 9.57. The standard InChI is InChI=1S/C20H23N3O4S2/c1-2-13(24)14-17(25)23-15(19(26)27)20(29-18(14)23)28-12-8-9-22(10-12)16(21)11-6-4-3-5-7-11/h3-7,12-14,18,21,24H,2,8-10H2,1H3,(H,26,27)/t12-,13-,14+,18+/m0/s1. The lowest BCUT2D eigenvalue weighted by Gasteiger charge is -2.44. The van der Waals surface area contributed by atoms with Crippen molar-refractivity contribution in [1.82, 2.24) is 9.80 Å². The molecule has 154 valence electrons. The number of aliphatic carboxylic acids is 1. The van der Waals surface area contributed by atoms with Crippen LogP contribution in [0.3, 0.4) is 0 Å². The zero-order chi connectivity index (χ0) is 20.7. The number of aliphatic hydroxyl groups is 1. The van der Waals surface area contributed by atoms with Gasteiger partial charge in [-0.1, -0.05) is 49.0 Å². The Bertz CT molecular complexity index is 876. The molecule has 0 bridgehead atoms. The summed E-state index contributed by atoms with van der Waals surface area (Å²) >= 11 is 2.87. The molecule has 29 heavy (non-hydrogen) atoms. The van der Waals surface area contributed by atoms with Gasteiger partial charge in [-0.3, -0.25) is 15.1 Å². The normalized spacial score (nSPS) is 27.1. The number of aliphatic hydroxyl groups excluding tert-OH is 1. The van der Waals surface area contributed by atoms with Gasteiger partial charge in [-0.25, -0.2) is 4.79 Å². The van der Waals surface area contributed by atoms with Crippen molar-refractivity contribution in [3.63, 3.8) is 0 Å². The fourth-order valence-corrected chi connectivity index (χ4v) is 7.23. The first-order chi connectivity index (χ1) is 13.9. The van der Waals surface area contributed by atoms with Gasteiger partial charge in [0.1, 0.15) is 11.2 Å². The van der Waals surface area contributed by atoms with Crippen LogP contribution in [0.15, 0.2) is 40.3 Å². The zero-order valence-electron chi connectivity index (χ0n) is 15.9. The fraction of sp³-hybridized carbons (Fsp3) is 0.450. The van der Waals surface area contributed by atoms with Gasteiger partial charge in [-0.15, -0.1) is 11.8 Å². The number of rotatable bonds is 6. The summed E-state index contributed by atoms with van der Waals surface area (Å²) in [6.45, 7) is 3.22. The third-order valence-electron chi connectivity index (χ3n) is 5.56. The van der Waals surface area contributed by atoms with Gasteiger partial charge in [0.05, 0.1) is 16.3 Å². The molecule has 0 saturated carbocycles. The predicted octanol–water partition coefficient (Wildman–Crippen LogP) is 2.38. The summed E-state index contributed by atoms with van der Waals surface area (Å²) in [5.74, 6) is -1.47. The van der Waals surface area contributed by atoms with Gasteiger partial charge in [0.2, 0.25) is 5.91 Å². The van der Waals surface area contributed by atoms with Crippen LogP contribution in [0, 0.1) is 11.3 Å². The fourth-order valence-electron chi connectivity index (χ4n) is 3.95. The summed E-state index contributed by atoms with van der Waals surface area (Å²) in [5.41, 5.74) is 0.913. The van der Waals surface area contributed by atoms with Crippen molar-refractivity contribution in [2.24, 2.45) is 5.92 Å². The number of nitrogens with one attached hydrogen (secondary N) is 1. The maximum atomic E-state index is 12.4. The summed E-state index contributed by atoms with van der Waals surface area (Å²) < 4.78 is 0.639. The number of benzene rings is 1. The molecule has 9 heteroatoms. The Kier molecular flexibility index (Phi) is 5.63. The lowest BCUT2D eigenvalue weighted by Crippen LogP contribution is -2.61. The van der Waals surface area contributed by atoms with Crippen LogP contribution in [-0.2, 0) is 9.59 Å². The largest absolute Gasteiger partial charge is 0.477 e. The second kappa shape index (κ2) is 8.04. The topological polar surface area (TPSA) is 105 Å². The van der Waals surface area contributed by atoms with Crippen molar-refractivity contribution in [2.45, 2.75) is 36.5 Å². The number of amides is 1. The molecule has 0 spiro atoms. The third-order valence-corrected chi connectivity index (χ3v) is 8.42. The maximum Gasteiger partial charge on any atom is 0.354 e. The molecule has 1 amide bonds. The van der Waals surface area contributed by atoms with Crippen molar-refractivity contribution in [3.05, 3.63) is 45.8 Å². The highest BCUT2D eigenvalue weighted by Gasteiger charge is 2.58. The van der Waals surface area contributed by atoms with Gasteiger partial charge in [0.15, 0.2) is 5.70 Å². The summed E-state index contributed by atoms with van der Waals surface area (Å²) in [6.07, 6.45) is 0.561. The molecule has 1 aromatic rings. The number of nitrogens with zero attached hydrogens (tertiary/aromatic N) is 2. The van der Waals surface area contributed by atoms with Crippen LogP contribution in [-0.4, -0.2) is 67.5 Å². The van der Waals surface area contributed by atoms with Crippen molar-refractivity contribution < 1.29 is 19.8 Å². The minimum Gasteiger partial charge on any atom is -0.477 e. The van der Waals surface area contributed by atoms with Crippen LogP contribution in [0.2, 0.25) is 0 Å². The molecule has 0 unspecified atom stereocenters. The van der Waals surface area contributed by atoms with Gasteiger partial charge >= 0.3 is 5.97 Å². The average Bonchev–Trinajstić information content (AvgIpc) is 3.31. The number of carboxylic acid groups (broad SMARTS) is 1. The molecular formula is C20H23N3O4S2. The van der Waals surface area contributed by atoms with E-state index in [0.29, 0.717) is 23.0 Å². The van der Waals surface area contributed by atoms with E-state index in [1.165, 1.54) is 28.4 Å². The van der Waals surface area contributed by atoms with E-state index in [4.69, 9.17) is 5.41 Å². The number of carbonyl (C=O) groups excluding carboxylic acids is 1. The van der Waals surface area contributed by atoms with Crippen molar-refractivity contribution in [3.8, 4) is 0 Å². The molecule has 2 fully saturated rings. The van der Waals surface area contributed by atoms with Crippen LogP contribution >= 0.6 is 23.5 Å². The number of β-lactam (4-membered cyclic amide) rings is 1. The van der Waals surface area contributed by atoms with E-state index in [9.17, 15) is 19.8 Å². The van der Waals surface area contributed by atoms with E-state index in [-0.39, 0.29) is 22.2 Å². The molecule has 0 aromatic heterocycles. The first-order valence-electron chi connectivity index (χ1n) is 9.63. The summed E-state index contributed by atoms with van der Waals surface area (Å²) in [4.78, 5) is 27.6. The van der Waals surface area contributed by atoms with Crippen LogP contribution in [0.5, 0.6) is 0 Å². The maximum absolute atomic E-state index is 12.4. The minimum absolute atomic E-state index is 0.0474. The van der Waals surface area contributed by atoms with E-state index < -0.39 is 18.0 Å². The van der Waals surface area contributed by atoms with Gasteiger partial charge < -0.3 is 15.1 Å². The molecule has 7 nitrogen and oxygen atoms in total. The number of carboxylic acids is 1. The Balaban J connectivity index is 1.45. The quantitative estimate of drug-likeness (QED) is 0.359. The number of fused-ring (bicyclic) bond motifs is 1. The van der Waals surface area contributed by atoms with E-state index >= 15 is 0 Å². The van der Waals surface area contributed by atoms with Gasteiger partial charge in [0, 0.05) is 23.9 Å². The molecule has 3 N–H and O–H groups in total. The smallest absolute Gasteiger partial charge is 0.354 e. The van der Waals surface area contributed by atoms with Crippen molar-refractivity contribution in [1.29, 1.82) is 5.41 Å². The van der Waals surface area contributed by atoms with Gasteiger partial charge in [0.25, 0.3) is 0 Å². The van der Waals surface area contributed by atoms with Crippen LogP contribution in [0.4, 0.5) is 0 Å². The molecule has 3 heterocycles. The first kappa shape index (κ1) is 20.3. The Morgan fingerprint density at radius 3 is 2.76 bits per heavy atom. The number of hydrogen-bond donors (Lipinski definition) is 3. The predicted molar refractivity (Wildman–Crippen MR) is 114 cm³/mol. The van der Waals surface area contributed by atoms with Crippen LogP contribution in [0.1, 0.15) is 25.3 Å². The second-order valence-electron chi connectivity index (χ2n) is 7.35. The second-order valence-corrected chi connectivity index (χ2v) is 10.0. The number of hydrogen-bond acceptors (Lipinski definition) is 6. The van der Waals surface area contributed by atoms with Gasteiger partial charge in [-0.05, 0) is 12.8 Å².